The molecular formula is C21H25N5O2S3. The van der Waals surface area contributed by atoms with E-state index in [1.165, 1.54) is 35.1 Å². The fraction of sp³-hybridized carbons (Fsp3) is 0.381. The van der Waals surface area contributed by atoms with E-state index in [0.717, 1.165) is 34.1 Å². The number of nitrogens with zero attached hydrogens (tertiary/aromatic N) is 3. The summed E-state index contributed by atoms with van der Waals surface area (Å²) in [7, 11) is -0.663. The number of thiophene rings is 1. The maximum absolute atomic E-state index is 10.7. The minimum absolute atomic E-state index is 0.652. The number of fused-ring (bicyclic) bond motifs is 3. The molecule has 2 aliphatic rings. The van der Waals surface area contributed by atoms with Crippen LogP contribution in [0.3, 0.4) is 0 Å². The van der Waals surface area contributed by atoms with Crippen LogP contribution in [0.2, 0.25) is 0 Å². The van der Waals surface area contributed by atoms with E-state index in [0.29, 0.717) is 30.3 Å². The highest BCUT2D eigenvalue weighted by atomic mass is 32.2. The number of aryl methyl sites for hydroxylation is 2. The zero-order chi connectivity index (χ0) is 21.8. The van der Waals surface area contributed by atoms with Gasteiger partial charge in [0, 0.05) is 56.5 Å². The Hall–Kier alpha value is -2.17. The first-order chi connectivity index (χ1) is 15.0. The first-order valence-corrected chi connectivity index (χ1v) is 13.0. The number of aromatic nitrogens is 2. The van der Waals surface area contributed by atoms with E-state index >= 15 is 0 Å². The van der Waals surface area contributed by atoms with Crippen LogP contribution in [0.4, 0.5) is 17.2 Å². The van der Waals surface area contributed by atoms with Crippen LogP contribution in [0.5, 0.6) is 0 Å². The Balaban J connectivity index is 0.000000217. The Morgan fingerprint density at radius 3 is 2.71 bits per heavy atom. The zero-order valence-corrected chi connectivity index (χ0v) is 19.6. The molecule has 164 valence electrons. The van der Waals surface area contributed by atoms with E-state index in [-0.39, 0.29) is 0 Å². The van der Waals surface area contributed by atoms with Gasteiger partial charge in [-0.25, -0.2) is 9.97 Å². The topological polar surface area (TPSA) is 101 Å². The molecule has 3 aromatic rings. The van der Waals surface area contributed by atoms with Gasteiger partial charge >= 0.3 is 0 Å². The van der Waals surface area contributed by atoms with Crippen molar-refractivity contribution in [3.05, 3.63) is 35.0 Å². The van der Waals surface area contributed by atoms with Gasteiger partial charge < -0.3 is 16.0 Å². The lowest BCUT2D eigenvalue weighted by Gasteiger charge is -2.21. The summed E-state index contributed by atoms with van der Waals surface area (Å²) in [5.41, 5.74) is 8.86. The highest BCUT2D eigenvalue weighted by molar-refractivity contribution is 7.85. The van der Waals surface area contributed by atoms with Crippen molar-refractivity contribution in [2.75, 3.05) is 35.6 Å². The smallest absolute Gasteiger partial charge is 0.209 e. The third-order valence-corrected chi connectivity index (χ3v) is 8.27. The van der Waals surface area contributed by atoms with Crippen molar-refractivity contribution >= 4 is 68.6 Å². The fourth-order valence-corrected chi connectivity index (χ4v) is 6.22. The van der Waals surface area contributed by atoms with Crippen molar-refractivity contribution in [2.24, 2.45) is 0 Å². The van der Waals surface area contributed by atoms with E-state index in [1.54, 1.807) is 22.6 Å². The van der Waals surface area contributed by atoms with Gasteiger partial charge in [0.1, 0.15) is 17.0 Å². The van der Waals surface area contributed by atoms with Crippen molar-refractivity contribution < 1.29 is 9.00 Å². The van der Waals surface area contributed by atoms with Crippen molar-refractivity contribution in [2.45, 2.75) is 30.6 Å². The zero-order valence-electron chi connectivity index (χ0n) is 17.0. The van der Waals surface area contributed by atoms with Gasteiger partial charge in [0.15, 0.2) is 0 Å². The molecule has 0 spiro atoms. The number of hydrogen-bond donors (Lipinski definition) is 3. The van der Waals surface area contributed by atoms with Crippen LogP contribution in [0.1, 0.15) is 23.3 Å². The van der Waals surface area contributed by atoms with Crippen LogP contribution in [-0.2, 0) is 28.4 Å². The summed E-state index contributed by atoms with van der Waals surface area (Å²) in [5.74, 6) is 2.18. The Morgan fingerprint density at radius 1 is 1.19 bits per heavy atom. The summed E-state index contributed by atoms with van der Waals surface area (Å²) in [5, 5.41) is 4.58. The molecule has 2 aromatic heterocycles. The largest absolute Gasteiger partial charge is 0.398 e. The summed E-state index contributed by atoms with van der Waals surface area (Å²) in [6, 6.07) is 5.72. The molecule has 1 aliphatic carbocycles. The minimum Gasteiger partial charge on any atom is -0.398 e. The van der Waals surface area contributed by atoms with Crippen molar-refractivity contribution in [1.29, 1.82) is 0 Å². The normalized spacial score (nSPS) is 16.4. The molecule has 1 aliphatic heterocycles. The van der Waals surface area contributed by atoms with E-state index in [4.69, 9.17) is 5.73 Å². The molecule has 31 heavy (non-hydrogen) atoms. The van der Waals surface area contributed by atoms with Gasteiger partial charge in [-0.2, -0.15) is 0 Å². The quantitative estimate of drug-likeness (QED) is 0.305. The summed E-state index contributed by atoms with van der Waals surface area (Å²) in [4.78, 5) is 24.0. The summed E-state index contributed by atoms with van der Waals surface area (Å²) < 4.78 is 10.7. The molecule has 0 saturated carbocycles. The van der Waals surface area contributed by atoms with E-state index in [9.17, 15) is 9.00 Å². The molecule has 0 bridgehead atoms. The molecule has 10 heteroatoms. The van der Waals surface area contributed by atoms with Gasteiger partial charge in [0.25, 0.3) is 0 Å². The van der Waals surface area contributed by atoms with E-state index in [2.05, 4.69) is 27.9 Å². The summed E-state index contributed by atoms with van der Waals surface area (Å²) in [6.07, 6.45) is 7.25. The van der Waals surface area contributed by atoms with Gasteiger partial charge in [-0.05, 0) is 49.4 Å². The number of benzene rings is 1. The molecule has 1 fully saturated rings. The first-order valence-electron chi connectivity index (χ1n) is 10.2. The predicted octanol–water partition coefficient (Wildman–Crippen LogP) is 3.39. The number of rotatable bonds is 3. The Morgan fingerprint density at radius 2 is 1.97 bits per heavy atom. The van der Waals surface area contributed by atoms with Crippen molar-refractivity contribution in [1.82, 2.24) is 14.9 Å². The lowest BCUT2D eigenvalue weighted by molar-refractivity contribution is -0.117. The number of carbonyl (C=O) groups excluding carboxylic acids is 1. The Kier molecular flexibility index (Phi) is 7.09. The Bertz CT molecular complexity index is 1110. The molecule has 0 unspecified atom stereocenters. The maximum Gasteiger partial charge on any atom is 0.209 e. The van der Waals surface area contributed by atoms with Gasteiger partial charge in [-0.15, -0.1) is 24.0 Å². The average molecular weight is 476 g/mol. The van der Waals surface area contributed by atoms with Crippen LogP contribution in [-0.4, -0.2) is 50.1 Å². The number of carbonyl (C=O) groups is 1. The third kappa shape index (κ3) is 5.19. The van der Waals surface area contributed by atoms with Crippen molar-refractivity contribution in [3.63, 3.8) is 0 Å². The molecule has 1 aromatic carbocycles. The second kappa shape index (κ2) is 9.97. The summed E-state index contributed by atoms with van der Waals surface area (Å²) in [6.45, 7) is 1.33. The van der Waals surface area contributed by atoms with Gasteiger partial charge in [0.05, 0.1) is 5.39 Å². The standard InChI is InChI=1S/C16H16N4S2.C5H9NO2S/c17-11-6-5-9(7-12(11)21)20-15-14-10-3-1-2-4-13(10)22-16(14)19-8-18-15;7-5-6-1-3-9(8)4-2-6/h5-8,21H,1-4,17H2,(H,18,19,20);5H,1-4H2. The lowest BCUT2D eigenvalue weighted by Crippen LogP contribution is -2.36. The van der Waals surface area contributed by atoms with E-state index < -0.39 is 10.8 Å². The SMILES string of the molecule is Nc1ccc(Nc2ncnc3sc4c(c23)CCCC4)cc1S.O=CN1CCS(=O)CC1. The van der Waals surface area contributed by atoms with E-state index in [1.807, 2.05) is 18.2 Å². The highest BCUT2D eigenvalue weighted by Crippen LogP contribution is 2.39. The van der Waals surface area contributed by atoms with Gasteiger partial charge in [0.2, 0.25) is 6.41 Å². The van der Waals surface area contributed by atoms with Crippen molar-refractivity contribution in [3.8, 4) is 0 Å². The van der Waals surface area contributed by atoms with Crippen LogP contribution in [0.25, 0.3) is 10.2 Å². The number of nitrogens with two attached hydrogens (primary N) is 1. The fourth-order valence-electron chi connectivity index (χ4n) is 3.70. The maximum atomic E-state index is 10.7. The number of thiol groups is 1. The highest BCUT2D eigenvalue weighted by Gasteiger charge is 2.20. The van der Waals surface area contributed by atoms with Gasteiger partial charge in [-0.3, -0.25) is 9.00 Å². The van der Waals surface area contributed by atoms with Gasteiger partial charge in [-0.1, -0.05) is 0 Å². The molecule has 3 N–H and O–H groups in total. The average Bonchev–Trinajstić information content (AvgIpc) is 3.17. The number of hydrogen-bond acceptors (Lipinski definition) is 8. The third-order valence-electron chi connectivity index (χ3n) is 5.41. The Labute approximate surface area is 193 Å². The predicted molar refractivity (Wildman–Crippen MR) is 131 cm³/mol. The number of anilines is 3. The molecule has 3 heterocycles. The second-order valence-corrected chi connectivity index (χ2v) is 10.8. The lowest BCUT2D eigenvalue weighted by atomic mass is 9.97. The molecule has 7 nitrogen and oxygen atoms in total. The molecule has 1 saturated heterocycles. The minimum atomic E-state index is -0.663. The monoisotopic (exact) mass is 475 g/mol. The number of amides is 1. The van der Waals surface area contributed by atoms with Crippen LogP contribution < -0.4 is 11.1 Å². The number of nitrogen functional groups attached to an aromatic ring is 1. The number of nitrogens with one attached hydrogen (secondary N) is 1. The molecule has 0 radical (unpaired) electrons. The molecule has 5 rings (SSSR count). The first kappa shape index (κ1) is 22.0. The van der Waals surface area contributed by atoms with Crippen LogP contribution >= 0.6 is 24.0 Å². The molecule has 0 atom stereocenters. The van der Waals surface area contributed by atoms with Crippen LogP contribution in [0, 0.1) is 0 Å². The molecular weight excluding hydrogens is 450 g/mol. The van der Waals surface area contributed by atoms with Crippen LogP contribution in [0.15, 0.2) is 29.4 Å². The second-order valence-electron chi connectivity index (χ2n) is 7.50. The molecule has 1 amide bonds. The summed E-state index contributed by atoms with van der Waals surface area (Å²) >= 11 is 6.18.